The molecule has 1 aliphatic heterocycles. The minimum atomic E-state index is -0.951. The van der Waals surface area contributed by atoms with Crippen LogP contribution in [0.25, 0.3) is 0 Å². The SMILES string of the molecule is CC(C)(S)[C@@H]1C[C@H](CS)C(=O)N1Cc1ccc(C(=O)O)cc1. The number of amides is 1. The summed E-state index contributed by atoms with van der Waals surface area (Å²) in [6.07, 6.45) is 0.756. The number of carboxylic acids is 1. The maximum atomic E-state index is 12.5. The monoisotopic (exact) mass is 339 g/mol. The first kappa shape index (κ1) is 17.2. The summed E-state index contributed by atoms with van der Waals surface area (Å²) in [5, 5.41) is 8.93. The molecule has 0 unspecified atom stereocenters. The van der Waals surface area contributed by atoms with Gasteiger partial charge in [-0.05, 0) is 38.0 Å². The number of aromatic carboxylic acids is 1. The third-order valence-corrected chi connectivity index (χ3v) is 4.84. The first-order chi connectivity index (χ1) is 10.2. The van der Waals surface area contributed by atoms with Crippen molar-refractivity contribution in [1.82, 2.24) is 4.90 Å². The predicted octanol–water partition coefficient (Wildman–Crippen LogP) is 2.74. The first-order valence-electron chi connectivity index (χ1n) is 7.20. The van der Waals surface area contributed by atoms with Gasteiger partial charge in [0.2, 0.25) is 5.91 Å². The van der Waals surface area contributed by atoms with Crippen LogP contribution < -0.4 is 0 Å². The van der Waals surface area contributed by atoms with E-state index in [0.717, 1.165) is 12.0 Å². The molecule has 120 valence electrons. The van der Waals surface area contributed by atoms with Gasteiger partial charge in [0.05, 0.1) is 5.56 Å². The maximum absolute atomic E-state index is 12.5. The third kappa shape index (κ3) is 3.60. The average molecular weight is 339 g/mol. The molecule has 6 heteroatoms. The fraction of sp³-hybridized carbons (Fsp3) is 0.500. The second-order valence-electron chi connectivity index (χ2n) is 6.25. The number of nitrogens with zero attached hydrogens (tertiary/aromatic N) is 1. The predicted molar refractivity (Wildman–Crippen MR) is 92.8 cm³/mol. The number of carbonyl (C=O) groups excluding carboxylic acids is 1. The van der Waals surface area contributed by atoms with Crippen LogP contribution in [0.5, 0.6) is 0 Å². The summed E-state index contributed by atoms with van der Waals surface area (Å²) >= 11 is 8.92. The van der Waals surface area contributed by atoms with Gasteiger partial charge in [-0.25, -0.2) is 4.79 Å². The molecule has 1 fully saturated rings. The molecule has 2 atom stereocenters. The molecule has 2 rings (SSSR count). The van der Waals surface area contributed by atoms with Gasteiger partial charge in [-0.1, -0.05) is 12.1 Å². The molecule has 1 N–H and O–H groups in total. The molecule has 22 heavy (non-hydrogen) atoms. The van der Waals surface area contributed by atoms with Crippen LogP contribution in [-0.2, 0) is 11.3 Å². The summed E-state index contributed by atoms with van der Waals surface area (Å²) < 4.78 is -0.297. The normalized spacial score (nSPS) is 22.2. The van der Waals surface area contributed by atoms with Gasteiger partial charge in [-0.2, -0.15) is 25.3 Å². The van der Waals surface area contributed by atoms with E-state index >= 15 is 0 Å². The Morgan fingerprint density at radius 2 is 1.95 bits per heavy atom. The van der Waals surface area contributed by atoms with Crippen LogP contribution >= 0.6 is 25.3 Å². The molecule has 0 aromatic heterocycles. The van der Waals surface area contributed by atoms with Crippen molar-refractivity contribution in [3.63, 3.8) is 0 Å². The zero-order chi connectivity index (χ0) is 16.5. The number of carbonyl (C=O) groups is 2. The van der Waals surface area contributed by atoms with E-state index in [9.17, 15) is 9.59 Å². The number of hydrogen-bond donors (Lipinski definition) is 3. The summed E-state index contributed by atoms with van der Waals surface area (Å²) in [5.74, 6) is -0.385. The number of likely N-dealkylation sites (tertiary alicyclic amines) is 1. The fourth-order valence-electron chi connectivity index (χ4n) is 2.85. The van der Waals surface area contributed by atoms with Gasteiger partial charge in [0.25, 0.3) is 0 Å². The molecule has 0 bridgehead atoms. The quantitative estimate of drug-likeness (QED) is 0.723. The van der Waals surface area contributed by atoms with Crippen molar-refractivity contribution in [3.8, 4) is 0 Å². The molecule has 0 spiro atoms. The highest BCUT2D eigenvalue weighted by atomic mass is 32.1. The van der Waals surface area contributed by atoms with Crippen molar-refractivity contribution in [1.29, 1.82) is 0 Å². The van der Waals surface area contributed by atoms with E-state index in [0.29, 0.717) is 12.3 Å². The molecule has 1 aliphatic rings. The molecule has 0 radical (unpaired) electrons. The third-order valence-electron chi connectivity index (χ3n) is 4.11. The number of benzene rings is 1. The number of carboxylic acid groups (broad SMARTS) is 1. The molecule has 1 saturated heterocycles. The standard InChI is InChI=1S/C16H21NO3S2/c1-16(2,22)13-7-12(9-21)14(18)17(13)8-10-3-5-11(6-4-10)15(19)20/h3-6,12-13,21-22H,7-9H2,1-2H3,(H,19,20)/t12-,13+/m1/s1. The van der Waals surface area contributed by atoms with Gasteiger partial charge in [0, 0.05) is 29.0 Å². The molecule has 1 amide bonds. The molecule has 1 aromatic carbocycles. The van der Waals surface area contributed by atoms with E-state index in [1.165, 1.54) is 0 Å². The summed E-state index contributed by atoms with van der Waals surface area (Å²) in [6.45, 7) is 4.49. The second kappa shape index (κ2) is 6.54. The van der Waals surface area contributed by atoms with Crippen molar-refractivity contribution < 1.29 is 14.7 Å². The Kier molecular flexibility index (Phi) is 5.12. The van der Waals surface area contributed by atoms with Gasteiger partial charge >= 0.3 is 5.97 Å². The summed E-state index contributed by atoms with van der Waals surface area (Å²) in [4.78, 5) is 25.3. The maximum Gasteiger partial charge on any atom is 0.335 e. The van der Waals surface area contributed by atoms with Crippen LogP contribution in [0, 0.1) is 5.92 Å². The van der Waals surface area contributed by atoms with Crippen molar-refractivity contribution >= 4 is 37.1 Å². The minimum Gasteiger partial charge on any atom is -0.478 e. The van der Waals surface area contributed by atoms with Gasteiger partial charge in [-0.15, -0.1) is 0 Å². The van der Waals surface area contributed by atoms with Crippen LogP contribution in [0.4, 0.5) is 0 Å². The number of hydrogen-bond acceptors (Lipinski definition) is 4. The second-order valence-corrected chi connectivity index (χ2v) is 7.77. The van der Waals surface area contributed by atoms with E-state index in [2.05, 4.69) is 25.3 Å². The van der Waals surface area contributed by atoms with Crippen molar-refractivity contribution in [3.05, 3.63) is 35.4 Å². The highest BCUT2D eigenvalue weighted by molar-refractivity contribution is 7.81. The minimum absolute atomic E-state index is 0.0413. The van der Waals surface area contributed by atoms with Crippen molar-refractivity contribution in [2.24, 2.45) is 5.92 Å². The Morgan fingerprint density at radius 3 is 2.41 bits per heavy atom. The Bertz CT molecular complexity index is 566. The highest BCUT2D eigenvalue weighted by Crippen LogP contribution is 2.36. The molecular formula is C16H21NO3S2. The zero-order valence-electron chi connectivity index (χ0n) is 12.7. The van der Waals surface area contributed by atoms with Gasteiger partial charge in [0.1, 0.15) is 0 Å². The summed E-state index contributed by atoms with van der Waals surface area (Å²) in [5.41, 5.74) is 1.16. The lowest BCUT2D eigenvalue weighted by Crippen LogP contribution is -2.43. The Hall–Kier alpha value is -1.14. The molecule has 1 aromatic rings. The zero-order valence-corrected chi connectivity index (χ0v) is 14.5. The van der Waals surface area contributed by atoms with Crippen LogP contribution in [0.15, 0.2) is 24.3 Å². The van der Waals surface area contributed by atoms with E-state index < -0.39 is 5.97 Å². The summed E-state index contributed by atoms with van der Waals surface area (Å²) in [7, 11) is 0. The highest BCUT2D eigenvalue weighted by Gasteiger charge is 2.44. The number of rotatable bonds is 5. The molecule has 4 nitrogen and oxygen atoms in total. The van der Waals surface area contributed by atoms with E-state index in [-0.39, 0.29) is 28.2 Å². The fourth-order valence-corrected chi connectivity index (χ4v) is 3.40. The Morgan fingerprint density at radius 1 is 1.36 bits per heavy atom. The van der Waals surface area contributed by atoms with Crippen LogP contribution in [0.1, 0.15) is 36.2 Å². The van der Waals surface area contributed by atoms with Gasteiger partial charge in [-0.3, -0.25) is 4.79 Å². The van der Waals surface area contributed by atoms with Crippen molar-refractivity contribution in [2.45, 2.75) is 37.6 Å². The van der Waals surface area contributed by atoms with Crippen LogP contribution in [0.3, 0.4) is 0 Å². The van der Waals surface area contributed by atoms with Gasteiger partial charge < -0.3 is 10.0 Å². The Balaban J connectivity index is 2.21. The average Bonchev–Trinajstić information content (AvgIpc) is 2.76. The largest absolute Gasteiger partial charge is 0.478 e. The Labute approximate surface area is 141 Å². The topological polar surface area (TPSA) is 57.6 Å². The number of thiol groups is 2. The van der Waals surface area contributed by atoms with E-state index in [4.69, 9.17) is 5.11 Å². The molecule has 0 saturated carbocycles. The smallest absolute Gasteiger partial charge is 0.335 e. The van der Waals surface area contributed by atoms with E-state index in [1.807, 2.05) is 18.7 Å². The lowest BCUT2D eigenvalue weighted by atomic mass is 9.97. The lowest BCUT2D eigenvalue weighted by Gasteiger charge is -2.34. The van der Waals surface area contributed by atoms with Crippen LogP contribution in [-0.4, -0.2) is 38.4 Å². The van der Waals surface area contributed by atoms with Gasteiger partial charge in [0.15, 0.2) is 0 Å². The van der Waals surface area contributed by atoms with E-state index in [1.54, 1.807) is 24.3 Å². The van der Waals surface area contributed by atoms with Crippen molar-refractivity contribution in [2.75, 3.05) is 5.75 Å². The lowest BCUT2D eigenvalue weighted by molar-refractivity contribution is -0.132. The van der Waals surface area contributed by atoms with Crippen LogP contribution in [0.2, 0.25) is 0 Å². The summed E-state index contributed by atoms with van der Waals surface area (Å²) in [6, 6.07) is 6.69. The molecular weight excluding hydrogens is 318 g/mol. The molecule has 1 heterocycles. The molecule has 0 aliphatic carbocycles. The first-order valence-corrected chi connectivity index (χ1v) is 8.28.